The SMILES string of the molecule is CN(CCOc1ccccc1)CC(=O)Nc1cccc(S(C)(=O)=O)c1. The van der Waals surface area contributed by atoms with Gasteiger partial charge in [0.25, 0.3) is 0 Å². The average molecular weight is 362 g/mol. The zero-order chi connectivity index (χ0) is 18.3. The highest BCUT2D eigenvalue weighted by atomic mass is 32.2. The third-order valence-electron chi connectivity index (χ3n) is 3.44. The van der Waals surface area contributed by atoms with Gasteiger partial charge in [-0.15, -0.1) is 0 Å². The van der Waals surface area contributed by atoms with Crippen LogP contribution in [0.4, 0.5) is 5.69 Å². The molecule has 0 bridgehead atoms. The van der Waals surface area contributed by atoms with Crippen LogP contribution in [-0.2, 0) is 14.6 Å². The van der Waals surface area contributed by atoms with Crippen LogP contribution in [0.15, 0.2) is 59.5 Å². The summed E-state index contributed by atoms with van der Waals surface area (Å²) in [5, 5.41) is 2.71. The number of hydrogen-bond donors (Lipinski definition) is 1. The van der Waals surface area contributed by atoms with Gasteiger partial charge in [-0.1, -0.05) is 24.3 Å². The molecule has 6 nitrogen and oxygen atoms in total. The van der Waals surface area contributed by atoms with Crippen molar-refractivity contribution in [3.05, 3.63) is 54.6 Å². The molecule has 1 N–H and O–H groups in total. The van der Waals surface area contributed by atoms with E-state index in [1.54, 1.807) is 12.1 Å². The highest BCUT2D eigenvalue weighted by Gasteiger charge is 2.10. The first-order chi connectivity index (χ1) is 11.8. The molecule has 0 saturated carbocycles. The zero-order valence-electron chi connectivity index (χ0n) is 14.3. The normalized spacial score (nSPS) is 11.3. The van der Waals surface area contributed by atoms with Gasteiger partial charge in [-0.25, -0.2) is 8.42 Å². The van der Waals surface area contributed by atoms with Crippen molar-refractivity contribution in [3.8, 4) is 5.75 Å². The standard InChI is InChI=1S/C18H22N2O4S/c1-20(11-12-24-16-8-4-3-5-9-16)14-18(21)19-15-7-6-10-17(13-15)25(2,22)23/h3-10,13H,11-12,14H2,1-2H3,(H,19,21). The smallest absolute Gasteiger partial charge is 0.238 e. The predicted octanol–water partition coefficient (Wildman–Crippen LogP) is 2.04. The first kappa shape index (κ1) is 19.0. The first-order valence-electron chi connectivity index (χ1n) is 7.81. The average Bonchev–Trinajstić information content (AvgIpc) is 2.55. The minimum absolute atomic E-state index is 0.176. The summed E-state index contributed by atoms with van der Waals surface area (Å²) in [5.74, 6) is 0.575. The van der Waals surface area contributed by atoms with Crippen molar-refractivity contribution < 1.29 is 17.9 Å². The Labute approximate surface area is 148 Å². The second-order valence-electron chi connectivity index (χ2n) is 5.75. The summed E-state index contributed by atoms with van der Waals surface area (Å²) in [6, 6.07) is 15.7. The number of nitrogens with one attached hydrogen (secondary N) is 1. The lowest BCUT2D eigenvalue weighted by atomic mass is 10.3. The van der Waals surface area contributed by atoms with Gasteiger partial charge >= 0.3 is 0 Å². The minimum Gasteiger partial charge on any atom is -0.492 e. The van der Waals surface area contributed by atoms with Crippen molar-refractivity contribution in [2.75, 3.05) is 38.3 Å². The summed E-state index contributed by atoms with van der Waals surface area (Å²) >= 11 is 0. The molecule has 0 unspecified atom stereocenters. The van der Waals surface area contributed by atoms with Gasteiger partial charge in [-0.3, -0.25) is 9.69 Å². The summed E-state index contributed by atoms with van der Waals surface area (Å²) in [4.78, 5) is 14.1. The number of ether oxygens (including phenoxy) is 1. The van der Waals surface area contributed by atoms with Crippen LogP contribution in [0.2, 0.25) is 0 Å². The molecule has 7 heteroatoms. The molecule has 0 aliphatic carbocycles. The molecular weight excluding hydrogens is 340 g/mol. The number of likely N-dealkylation sites (N-methyl/N-ethyl adjacent to an activating group) is 1. The number of sulfone groups is 1. The number of para-hydroxylation sites is 1. The quantitative estimate of drug-likeness (QED) is 0.778. The predicted molar refractivity (Wildman–Crippen MR) is 97.6 cm³/mol. The molecule has 134 valence electrons. The summed E-state index contributed by atoms with van der Waals surface area (Å²) < 4.78 is 28.7. The van der Waals surface area contributed by atoms with E-state index >= 15 is 0 Å². The largest absolute Gasteiger partial charge is 0.492 e. The molecule has 0 aliphatic rings. The van der Waals surface area contributed by atoms with Crippen molar-refractivity contribution in [1.82, 2.24) is 4.90 Å². The molecule has 0 aliphatic heterocycles. The molecule has 2 aromatic carbocycles. The van der Waals surface area contributed by atoms with Gasteiger partial charge in [0.1, 0.15) is 12.4 Å². The van der Waals surface area contributed by atoms with Crippen molar-refractivity contribution in [3.63, 3.8) is 0 Å². The van der Waals surface area contributed by atoms with Crippen LogP contribution in [0.25, 0.3) is 0 Å². The molecule has 0 radical (unpaired) electrons. The van der Waals surface area contributed by atoms with Gasteiger partial charge in [-0.05, 0) is 37.4 Å². The van der Waals surface area contributed by atoms with Crippen LogP contribution in [0.3, 0.4) is 0 Å². The van der Waals surface area contributed by atoms with E-state index in [4.69, 9.17) is 4.74 Å². The lowest BCUT2D eigenvalue weighted by Crippen LogP contribution is -2.33. The molecule has 0 atom stereocenters. The highest BCUT2D eigenvalue weighted by Crippen LogP contribution is 2.15. The molecule has 0 heterocycles. The number of hydrogen-bond acceptors (Lipinski definition) is 5. The molecule has 25 heavy (non-hydrogen) atoms. The maximum Gasteiger partial charge on any atom is 0.238 e. The number of amides is 1. The maximum absolute atomic E-state index is 12.1. The number of carbonyl (C=O) groups is 1. The second kappa shape index (κ2) is 8.64. The monoisotopic (exact) mass is 362 g/mol. The van der Waals surface area contributed by atoms with E-state index < -0.39 is 9.84 Å². The van der Waals surface area contributed by atoms with Crippen molar-refractivity contribution >= 4 is 21.4 Å². The van der Waals surface area contributed by atoms with E-state index in [-0.39, 0.29) is 17.3 Å². The zero-order valence-corrected chi connectivity index (χ0v) is 15.1. The molecule has 0 saturated heterocycles. The van der Waals surface area contributed by atoms with Gasteiger partial charge in [0.15, 0.2) is 9.84 Å². The molecule has 0 spiro atoms. The Morgan fingerprint density at radius 3 is 2.52 bits per heavy atom. The summed E-state index contributed by atoms with van der Waals surface area (Å²) in [6.45, 7) is 1.24. The van der Waals surface area contributed by atoms with Crippen LogP contribution in [0, 0.1) is 0 Å². The van der Waals surface area contributed by atoms with Crippen LogP contribution in [0.1, 0.15) is 0 Å². The van der Waals surface area contributed by atoms with Crippen LogP contribution >= 0.6 is 0 Å². The van der Waals surface area contributed by atoms with Gasteiger partial charge < -0.3 is 10.1 Å². The highest BCUT2D eigenvalue weighted by molar-refractivity contribution is 7.90. The van der Waals surface area contributed by atoms with Crippen LogP contribution in [0.5, 0.6) is 5.75 Å². The third-order valence-corrected chi connectivity index (χ3v) is 4.55. The Balaban J connectivity index is 1.79. The van der Waals surface area contributed by atoms with Gasteiger partial charge in [0.05, 0.1) is 11.4 Å². The van der Waals surface area contributed by atoms with E-state index in [1.165, 1.54) is 12.1 Å². The summed E-state index contributed by atoms with van der Waals surface area (Å²) in [7, 11) is -1.48. The van der Waals surface area contributed by atoms with E-state index in [1.807, 2.05) is 42.3 Å². The Morgan fingerprint density at radius 2 is 1.84 bits per heavy atom. The van der Waals surface area contributed by atoms with Crippen LogP contribution < -0.4 is 10.1 Å². The van der Waals surface area contributed by atoms with E-state index in [2.05, 4.69) is 5.32 Å². The Hall–Kier alpha value is -2.38. The van der Waals surface area contributed by atoms with Gasteiger partial charge in [0, 0.05) is 18.5 Å². The molecule has 1 amide bonds. The minimum atomic E-state index is -3.30. The summed E-state index contributed by atoms with van der Waals surface area (Å²) in [6.07, 6.45) is 1.13. The summed E-state index contributed by atoms with van der Waals surface area (Å²) in [5.41, 5.74) is 0.460. The maximum atomic E-state index is 12.1. The molecule has 2 aromatic rings. The van der Waals surface area contributed by atoms with E-state index in [9.17, 15) is 13.2 Å². The van der Waals surface area contributed by atoms with Crippen molar-refractivity contribution in [2.24, 2.45) is 0 Å². The Kier molecular flexibility index (Phi) is 6.55. The van der Waals surface area contributed by atoms with E-state index in [0.717, 1.165) is 12.0 Å². The number of benzene rings is 2. The fraction of sp³-hybridized carbons (Fsp3) is 0.278. The fourth-order valence-electron chi connectivity index (χ4n) is 2.17. The van der Waals surface area contributed by atoms with E-state index in [0.29, 0.717) is 18.8 Å². The van der Waals surface area contributed by atoms with Crippen molar-refractivity contribution in [2.45, 2.75) is 4.90 Å². The molecule has 2 rings (SSSR count). The molecule has 0 fully saturated rings. The van der Waals surface area contributed by atoms with Gasteiger partial charge in [0.2, 0.25) is 5.91 Å². The lowest BCUT2D eigenvalue weighted by molar-refractivity contribution is -0.117. The second-order valence-corrected chi connectivity index (χ2v) is 7.76. The Morgan fingerprint density at radius 1 is 1.12 bits per heavy atom. The number of anilines is 1. The van der Waals surface area contributed by atoms with Crippen molar-refractivity contribution in [1.29, 1.82) is 0 Å². The molecular formula is C18H22N2O4S. The Bertz CT molecular complexity index is 807. The van der Waals surface area contributed by atoms with Gasteiger partial charge in [-0.2, -0.15) is 0 Å². The number of nitrogens with zero attached hydrogens (tertiary/aromatic N) is 1. The topological polar surface area (TPSA) is 75.7 Å². The number of rotatable bonds is 8. The lowest BCUT2D eigenvalue weighted by Gasteiger charge is -2.16. The first-order valence-corrected chi connectivity index (χ1v) is 9.70. The third kappa shape index (κ3) is 6.56. The van der Waals surface area contributed by atoms with Crippen LogP contribution in [-0.4, -0.2) is 52.2 Å². The molecule has 0 aromatic heterocycles. The fourth-order valence-corrected chi connectivity index (χ4v) is 2.83. The number of carbonyl (C=O) groups excluding carboxylic acids is 1.